The minimum absolute atomic E-state index is 0.262. The van der Waals surface area contributed by atoms with Crippen molar-refractivity contribution in [3.63, 3.8) is 0 Å². The van der Waals surface area contributed by atoms with Crippen molar-refractivity contribution in [3.8, 4) is 0 Å². The van der Waals surface area contributed by atoms with E-state index in [0.29, 0.717) is 28.9 Å². The molecule has 110 valence electrons. The Balaban J connectivity index is 1.96. The Bertz CT molecular complexity index is 652. The lowest BCUT2D eigenvalue weighted by Crippen LogP contribution is -2.17. The molecule has 5 nitrogen and oxygen atoms in total. The first-order chi connectivity index (χ1) is 10.2. The van der Waals surface area contributed by atoms with Crippen molar-refractivity contribution in [1.82, 2.24) is 10.1 Å². The number of nitrogens with zero attached hydrogens (tertiary/aromatic N) is 2. The predicted molar refractivity (Wildman–Crippen MR) is 76.2 cm³/mol. The van der Waals surface area contributed by atoms with Gasteiger partial charge in [-0.15, -0.1) is 0 Å². The Morgan fingerprint density at radius 1 is 1.52 bits per heavy atom. The second kappa shape index (κ2) is 5.85. The van der Waals surface area contributed by atoms with Crippen LogP contribution in [0.1, 0.15) is 48.9 Å². The van der Waals surface area contributed by atoms with Gasteiger partial charge in [0.1, 0.15) is 0 Å². The van der Waals surface area contributed by atoms with Crippen molar-refractivity contribution >= 4 is 17.6 Å². The molecule has 1 aliphatic carbocycles. The van der Waals surface area contributed by atoms with Crippen LogP contribution in [0.25, 0.3) is 0 Å². The van der Waals surface area contributed by atoms with E-state index in [-0.39, 0.29) is 5.89 Å². The molecule has 1 heterocycles. The molecular weight excluding hydrogens is 292 g/mol. The summed E-state index contributed by atoms with van der Waals surface area (Å²) in [5, 5.41) is 4.51. The normalized spacial score (nSPS) is 15.7. The molecule has 1 aromatic heterocycles. The summed E-state index contributed by atoms with van der Waals surface area (Å²) in [5.74, 6) is 0.151. The van der Waals surface area contributed by atoms with E-state index in [2.05, 4.69) is 10.1 Å². The first kappa shape index (κ1) is 14.1. The van der Waals surface area contributed by atoms with Gasteiger partial charge in [0, 0.05) is 10.9 Å². The molecule has 0 bridgehead atoms. The third kappa shape index (κ3) is 3.08. The molecule has 1 fully saturated rings. The van der Waals surface area contributed by atoms with Crippen LogP contribution in [0.2, 0.25) is 5.02 Å². The monoisotopic (exact) mass is 306 g/mol. The first-order valence-corrected chi connectivity index (χ1v) is 7.32. The number of carbonyl (C=O) groups is 1. The zero-order chi connectivity index (χ0) is 14.8. The fourth-order valence-electron chi connectivity index (χ4n) is 2.16. The van der Waals surface area contributed by atoms with E-state index in [1.807, 2.05) is 0 Å². The second-order valence-corrected chi connectivity index (χ2v) is 5.44. The molecule has 21 heavy (non-hydrogen) atoms. The van der Waals surface area contributed by atoms with E-state index < -0.39 is 11.9 Å². The lowest BCUT2D eigenvalue weighted by Gasteiger charge is -2.12. The molecule has 2 aromatic rings. The lowest BCUT2D eigenvalue weighted by molar-refractivity contribution is -0.144. The fourth-order valence-corrected chi connectivity index (χ4v) is 2.36. The number of carbonyl (C=O) groups excluding carboxylic acids is 1. The van der Waals surface area contributed by atoms with Crippen LogP contribution in [0.5, 0.6) is 0 Å². The molecule has 0 spiro atoms. The zero-order valence-electron chi connectivity index (χ0n) is 11.6. The van der Waals surface area contributed by atoms with Gasteiger partial charge in [0.15, 0.2) is 11.7 Å². The molecule has 3 rings (SSSR count). The predicted octanol–water partition coefficient (Wildman–Crippen LogP) is 3.30. The van der Waals surface area contributed by atoms with Crippen molar-refractivity contribution in [2.45, 2.75) is 31.6 Å². The van der Waals surface area contributed by atoms with Crippen LogP contribution in [0, 0.1) is 0 Å². The van der Waals surface area contributed by atoms with E-state index in [0.717, 1.165) is 12.8 Å². The summed E-state index contributed by atoms with van der Waals surface area (Å²) in [6.07, 6.45) is 2.14. The smallest absolute Gasteiger partial charge is 0.323 e. The van der Waals surface area contributed by atoms with Crippen molar-refractivity contribution in [2.24, 2.45) is 0 Å². The first-order valence-electron chi connectivity index (χ1n) is 6.94. The lowest BCUT2D eigenvalue weighted by atomic mass is 9.99. The maximum absolute atomic E-state index is 12.3. The Labute approximate surface area is 127 Å². The van der Waals surface area contributed by atoms with Gasteiger partial charge in [-0.1, -0.05) is 28.9 Å². The van der Waals surface area contributed by atoms with Crippen molar-refractivity contribution < 1.29 is 14.1 Å². The number of hydrogen-bond acceptors (Lipinski definition) is 5. The Morgan fingerprint density at radius 3 is 3.00 bits per heavy atom. The van der Waals surface area contributed by atoms with Gasteiger partial charge in [-0.2, -0.15) is 4.98 Å². The highest BCUT2D eigenvalue weighted by molar-refractivity contribution is 6.30. The Hall–Kier alpha value is -1.88. The number of esters is 1. The number of aromatic nitrogens is 2. The maximum Gasteiger partial charge on any atom is 0.323 e. The maximum atomic E-state index is 12.3. The van der Waals surface area contributed by atoms with Gasteiger partial charge in [-0.25, -0.2) is 0 Å². The largest absolute Gasteiger partial charge is 0.465 e. The molecule has 0 N–H and O–H groups in total. The van der Waals surface area contributed by atoms with E-state index in [4.69, 9.17) is 20.9 Å². The number of benzene rings is 1. The van der Waals surface area contributed by atoms with Gasteiger partial charge in [-0.05, 0) is 37.5 Å². The third-order valence-electron chi connectivity index (χ3n) is 3.35. The van der Waals surface area contributed by atoms with Crippen LogP contribution >= 0.6 is 11.6 Å². The minimum atomic E-state index is -0.733. The molecule has 0 aliphatic heterocycles. The summed E-state index contributed by atoms with van der Waals surface area (Å²) in [5.41, 5.74) is 0.687. The third-order valence-corrected chi connectivity index (χ3v) is 3.59. The summed E-state index contributed by atoms with van der Waals surface area (Å²) in [7, 11) is 0. The average Bonchev–Trinajstić information content (AvgIpc) is 3.20. The highest BCUT2D eigenvalue weighted by atomic mass is 35.5. The van der Waals surface area contributed by atoms with Crippen LogP contribution in [0.3, 0.4) is 0 Å². The highest BCUT2D eigenvalue weighted by Gasteiger charge is 2.34. The average molecular weight is 307 g/mol. The van der Waals surface area contributed by atoms with Crippen LogP contribution in [-0.4, -0.2) is 22.7 Å². The van der Waals surface area contributed by atoms with Crippen LogP contribution in [0.4, 0.5) is 0 Å². The van der Waals surface area contributed by atoms with Gasteiger partial charge in [0.25, 0.3) is 0 Å². The SMILES string of the molecule is CCOC(=O)C(c1cccc(Cl)c1)c1nc(C2CC2)no1. The molecule has 0 amide bonds. The van der Waals surface area contributed by atoms with Gasteiger partial charge < -0.3 is 9.26 Å². The van der Waals surface area contributed by atoms with Gasteiger partial charge in [-0.3, -0.25) is 4.79 Å². The summed E-state index contributed by atoms with van der Waals surface area (Å²) < 4.78 is 10.4. The van der Waals surface area contributed by atoms with E-state index >= 15 is 0 Å². The van der Waals surface area contributed by atoms with E-state index in [1.54, 1.807) is 31.2 Å². The highest BCUT2D eigenvalue weighted by Crippen LogP contribution is 2.39. The Morgan fingerprint density at radius 2 is 2.33 bits per heavy atom. The number of rotatable bonds is 5. The summed E-state index contributed by atoms with van der Waals surface area (Å²) in [4.78, 5) is 16.6. The van der Waals surface area contributed by atoms with Crippen molar-refractivity contribution in [1.29, 1.82) is 0 Å². The number of halogens is 1. The van der Waals surface area contributed by atoms with Crippen molar-refractivity contribution in [3.05, 3.63) is 46.6 Å². The number of ether oxygens (including phenoxy) is 1. The minimum Gasteiger partial charge on any atom is -0.465 e. The van der Waals surface area contributed by atoms with Crippen LogP contribution in [0.15, 0.2) is 28.8 Å². The number of hydrogen-bond donors (Lipinski definition) is 0. The van der Waals surface area contributed by atoms with Gasteiger partial charge in [0.05, 0.1) is 6.61 Å². The van der Waals surface area contributed by atoms with E-state index in [9.17, 15) is 4.79 Å². The second-order valence-electron chi connectivity index (χ2n) is 5.01. The summed E-state index contributed by atoms with van der Waals surface area (Å²) in [6, 6.07) is 7.04. The molecule has 1 aliphatic rings. The summed E-state index contributed by atoms with van der Waals surface area (Å²) >= 11 is 6.01. The molecule has 6 heteroatoms. The zero-order valence-corrected chi connectivity index (χ0v) is 12.3. The molecular formula is C15H15ClN2O3. The van der Waals surface area contributed by atoms with Gasteiger partial charge in [0.2, 0.25) is 5.89 Å². The van der Waals surface area contributed by atoms with E-state index in [1.165, 1.54) is 0 Å². The quantitative estimate of drug-likeness (QED) is 0.793. The standard InChI is InChI=1S/C15H15ClN2O3/c1-2-20-15(19)12(10-4-3-5-11(16)8-10)14-17-13(18-21-14)9-6-7-9/h3-5,8-9,12H,2,6-7H2,1H3. The Kier molecular flexibility index (Phi) is 3.92. The van der Waals surface area contributed by atoms with Crippen LogP contribution in [-0.2, 0) is 9.53 Å². The van der Waals surface area contributed by atoms with Crippen LogP contribution < -0.4 is 0 Å². The molecule has 1 aromatic carbocycles. The van der Waals surface area contributed by atoms with Gasteiger partial charge >= 0.3 is 5.97 Å². The fraction of sp³-hybridized carbons (Fsp3) is 0.400. The molecule has 1 unspecified atom stereocenters. The molecule has 0 radical (unpaired) electrons. The van der Waals surface area contributed by atoms with Crippen molar-refractivity contribution in [2.75, 3.05) is 6.61 Å². The molecule has 0 saturated heterocycles. The molecule has 1 atom stereocenters. The summed E-state index contributed by atoms with van der Waals surface area (Å²) in [6.45, 7) is 2.05. The molecule has 1 saturated carbocycles. The topological polar surface area (TPSA) is 65.2 Å².